The molecular formula is C32H36N3NaO2S. The number of anilines is 2. The molecule has 1 saturated carbocycles. The van der Waals surface area contributed by atoms with Crippen molar-refractivity contribution in [2.45, 2.75) is 51.1 Å². The van der Waals surface area contributed by atoms with Gasteiger partial charge < -0.3 is 16.3 Å². The summed E-state index contributed by atoms with van der Waals surface area (Å²) in [7, 11) is 4.15. The number of aromatic nitrogens is 1. The van der Waals surface area contributed by atoms with Crippen molar-refractivity contribution in [1.82, 2.24) is 4.98 Å². The van der Waals surface area contributed by atoms with Gasteiger partial charge in [0.05, 0.1) is 11.3 Å². The molecule has 39 heavy (non-hydrogen) atoms. The van der Waals surface area contributed by atoms with E-state index in [1.165, 1.54) is 48.9 Å². The fourth-order valence-electron chi connectivity index (χ4n) is 5.27. The van der Waals surface area contributed by atoms with Crippen LogP contribution in [0, 0.1) is 0 Å². The Balaban J connectivity index is 0.00000220. The number of thiazole rings is 1. The molecule has 1 fully saturated rings. The second-order valence-electron chi connectivity index (χ2n) is 10.4. The van der Waals surface area contributed by atoms with Crippen molar-refractivity contribution in [2.24, 2.45) is 0 Å². The summed E-state index contributed by atoms with van der Waals surface area (Å²) in [6.45, 7) is 1.52. The van der Waals surface area contributed by atoms with Crippen LogP contribution in [0.1, 0.15) is 66.5 Å². The van der Waals surface area contributed by atoms with E-state index in [4.69, 9.17) is 10.1 Å². The zero-order valence-electron chi connectivity index (χ0n) is 24.1. The zero-order chi connectivity index (χ0) is 26.5. The number of nitrogens with zero attached hydrogens (tertiary/aromatic N) is 3. The SMILES string of the molecule is CN(Cc1ccc(C2CCCCC2)cc1)c1cccc(-c2csc(N(C)Cc3ccc(C(=O)O)cc3)n2)c1.[H-].[Na+]. The van der Waals surface area contributed by atoms with Crippen LogP contribution >= 0.6 is 11.3 Å². The third-order valence-corrected chi connectivity index (χ3v) is 8.45. The van der Waals surface area contributed by atoms with Crippen LogP contribution in [0.4, 0.5) is 10.8 Å². The first-order valence-electron chi connectivity index (χ1n) is 13.4. The Morgan fingerprint density at radius 3 is 2.23 bits per heavy atom. The van der Waals surface area contributed by atoms with E-state index in [9.17, 15) is 4.79 Å². The smallest absolute Gasteiger partial charge is 1.00 e. The minimum Gasteiger partial charge on any atom is -1.00 e. The molecule has 1 heterocycles. The quantitative estimate of drug-likeness (QED) is 0.300. The third-order valence-electron chi connectivity index (χ3n) is 7.50. The molecule has 5 rings (SSSR count). The molecule has 0 amide bonds. The molecule has 3 aromatic carbocycles. The van der Waals surface area contributed by atoms with Gasteiger partial charge >= 0.3 is 35.5 Å². The van der Waals surface area contributed by atoms with Crippen molar-refractivity contribution < 1.29 is 40.9 Å². The van der Waals surface area contributed by atoms with E-state index in [0.717, 1.165) is 34.4 Å². The van der Waals surface area contributed by atoms with Crippen LogP contribution in [0.3, 0.4) is 0 Å². The first-order valence-corrected chi connectivity index (χ1v) is 14.2. The molecule has 7 heteroatoms. The molecule has 198 valence electrons. The minimum atomic E-state index is -0.907. The standard InChI is InChI=1S/C32H35N3O2S.Na.H/c1-34(20-23-11-15-26(16-12-23)25-7-4-3-5-8-25)29-10-6-9-28(19-29)30-22-38-32(33-30)35(2)21-24-13-17-27(18-14-24)31(36)37;;/h6,9-19,22,25H,3-5,7-8,20-21H2,1-2H3,(H,36,37);;/q;+1;-1. The molecule has 1 aromatic heterocycles. The third kappa shape index (κ3) is 7.52. The Morgan fingerprint density at radius 1 is 0.923 bits per heavy atom. The van der Waals surface area contributed by atoms with Gasteiger partial charge in [0.1, 0.15) is 0 Å². The Morgan fingerprint density at radius 2 is 1.56 bits per heavy atom. The van der Waals surface area contributed by atoms with E-state index < -0.39 is 5.97 Å². The van der Waals surface area contributed by atoms with E-state index in [0.29, 0.717) is 12.1 Å². The van der Waals surface area contributed by atoms with Gasteiger partial charge in [-0.05, 0) is 59.7 Å². The van der Waals surface area contributed by atoms with Gasteiger partial charge in [0.2, 0.25) is 0 Å². The van der Waals surface area contributed by atoms with Crippen LogP contribution in [-0.2, 0) is 13.1 Å². The molecule has 0 aliphatic heterocycles. The topological polar surface area (TPSA) is 56.7 Å². The largest absolute Gasteiger partial charge is 1.00 e. The second kappa shape index (κ2) is 13.6. The van der Waals surface area contributed by atoms with E-state index in [1.54, 1.807) is 23.5 Å². The molecule has 5 nitrogen and oxygen atoms in total. The number of carbonyl (C=O) groups is 1. The van der Waals surface area contributed by atoms with Crippen LogP contribution < -0.4 is 39.4 Å². The number of rotatable bonds is 9. The first-order chi connectivity index (χ1) is 18.5. The number of carboxylic acids is 1. The number of hydrogen-bond donors (Lipinski definition) is 1. The summed E-state index contributed by atoms with van der Waals surface area (Å²) in [6.07, 6.45) is 6.79. The molecule has 0 spiro atoms. The van der Waals surface area contributed by atoms with E-state index in [-0.39, 0.29) is 31.0 Å². The van der Waals surface area contributed by atoms with E-state index in [2.05, 4.69) is 70.8 Å². The maximum absolute atomic E-state index is 11.1. The fourth-order valence-corrected chi connectivity index (χ4v) is 6.07. The van der Waals surface area contributed by atoms with Gasteiger partial charge in [0.25, 0.3) is 0 Å². The first kappa shape index (κ1) is 29.3. The van der Waals surface area contributed by atoms with Gasteiger partial charge in [0.15, 0.2) is 5.13 Å². The van der Waals surface area contributed by atoms with Crippen LogP contribution in [0.25, 0.3) is 11.3 Å². The van der Waals surface area contributed by atoms with Crippen LogP contribution in [0.5, 0.6) is 0 Å². The van der Waals surface area contributed by atoms with Crippen molar-refractivity contribution >= 4 is 28.1 Å². The minimum absolute atomic E-state index is 0. The number of hydrogen-bond acceptors (Lipinski definition) is 5. The fraction of sp³-hybridized carbons (Fsp3) is 0.312. The predicted octanol–water partition coefficient (Wildman–Crippen LogP) is 4.95. The Bertz CT molecular complexity index is 1370. The van der Waals surface area contributed by atoms with Gasteiger partial charge in [0, 0.05) is 43.8 Å². The second-order valence-corrected chi connectivity index (χ2v) is 11.2. The van der Waals surface area contributed by atoms with Crippen molar-refractivity contribution in [2.75, 3.05) is 23.9 Å². The van der Waals surface area contributed by atoms with Crippen molar-refractivity contribution in [1.29, 1.82) is 0 Å². The normalized spacial score (nSPS) is 13.5. The molecule has 1 aliphatic rings. The Kier molecular flexibility index (Phi) is 10.2. The van der Waals surface area contributed by atoms with Crippen LogP contribution in [0.15, 0.2) is 78.2 Å². The van der Waals surface area contributed by atoms with Crippen LogP contribution in [0.2, 0.25) is 0 Å². The van der Waals surface area contributed by atoms with Crippen molar-refractivity contribution in [3.05, 3.63) is 100 Å². The summed E-state index contributed by atoms with van der Waals surface area (Å²) < 4.78 is 0. The number of benzene rings is 3. The summed E-state index contributed by atoms with van der Waals surface area (Å²) in [5, 5.41) is 12.1. The average molecular weight is 550 g/mol. The van der Waals surface area contributed by atoms with E-state index in [1.807, 2.05) is 19.2 Å². The van der Waals surface area contributed by atoms with Gasteiger partial charge in [-0.3, -0.25) is 0 Å². The summed E-state index contributed by atoms with van der Waals surface area (Å²) in [4.78, 5) is 20.4. The molecule has 0 saturated heterocycles. The maximum Gasteiger partial charge on any atom is 1.00 e. The zero-order valence-corrected chi connectivity index (χ0v) is 26.0. The monoisotopic (exact) mass is 549 g/mol. The molecule has 0 radical (unpaired) electrons. The van der Waals surface area contributed by atoms with E-state index >= 15 is 0 Å². The molecule has 4 aromatic rings. The van der Waals surface area contributed by atoms with Crippen molar-refractivity contribution in [3.8, 4) is 11.3 Å². The van der Waals surface area contributed by atoms with Gasteiger partial charge in [-0.2, -0.15) is 0 Å². The number of aromatic carboxylic acids is 1. The van der Waals surface area contributed by atoms with Gasteiger partial charge in [-0.25, -0.2) is 9.78 Å². The molecule has 0 bridgehead atoms. The van der Waals surface area contributed by atoms with Crippen LogP contribution in [-0.4, -0.2) is 30.2 Å². The molecule has 0 unspecified atom stereocenters. The number of carboxylic acid groups (broad SMARTS) is 1. The Labute approximate surface area is 259 Å². The summed E-state index contributed by atoms with van der Waals surface area (Å²) >= 11 is 1.62. The molecule has 1 N–H and O–H groups in total. The average Bonchev–Trinajstić information content (AvgIpc) is 3.45. The van der Waals surface area contributed by atoms with Crippen molar-refractivity contribution in [3.63, 3.8) is 0 Å². The Hall–Kier alpha value is -2.64. The predicted molar refractivity (Wildman–Crippen MR) is 159 cm³/mol. The van der Waals surface area contributed by atoms with Gasteiger partial charge in [-0.15, -0.1) is 11.3 Å². The molecule has 0 atom stereocenters. The molecule has 1 aliphatic carbocycles. The summed E-state index contributed by atoms with van der Waals surface area (Å²) in [5.41, 5.74) is 7.40. The summed E-state index contributed by atoms with van der Waals surface area (Å²) in [5.74, 6) is -0.165. The van der Waals surface area contributed by atoms with Gasteiger partial charge in [-0.1, -0.05) is 67.8 Å². The maximum atomic E-state index is 11.1. The molecular weight excluding hydrogens is 513 g/mol. The summed E-state index contributed by atoms with van der Waals surface area (Å²) in [6, 6.07) is 24.8.